The second-order valence-electron chi connectivity index (χ2n) is 12.0. The molecule has 3 aliphatic heterocycles. The van der Waals surface area contributed by atoms with Gasteiger partial charge < -0.3 is 15.4 Å². The number of carbonyl (C=O) groups excluding carboxylic acids is 1. The number of piperidine rings is 3. The fraction of sp³-hybridized carbons (Fsp3) is 0.594. The van der Waals surface area contributed by atoms with Crippen LogP contribution in [0.15, 0.2) is 36.4 Å². The standard InChI is InChI=1S/C32H44Cl2N4O2/c1-40-32(39)36-20-23-4-10-37(11-5-23)21-24-14-25(16-28(15-24)29-17-30(33)19-31(34)18-29)22-38-12-6-27(7-13-38)26-2-8-35-9-3-26/h14-19,23,26-27,35H,2-13,20-22H2,1H3,(H,36,39). The minimum atomic E-state index is -0.344. The maximum atomic E-state index is 11.4. The fourth-order valence-electron chi connectivity index (χ4n) is 6.90. The first-order valence-corrected chi connectivity index (χ1v) is 15.8. The van der Waals surface area contributed by atoms with Crippen LogP contribution >= 0.6 is 23.2 Å². The molecule has 0 spiro atoms. The van der Waals surface area contributed by atoms with Gasteiger partial charge >= 0.3 is 6.09 Å². The average Bonchev–Trinajstić information content (AvgIpc) is 2.97. The molecule has 3 aliphatic rings. The van der Waals surface area contributed by atoms with E-state index in [1.807, 2.05) is 12.1 Å². The molecule has 5 rings (SSSR count). The first kappa shape index (κ1) is 29.7. The van der Waals surface area contributed by atoms with Gasteiger partial charge in [-0.1, -0.05) is 29.3 Å². The van der Waals surface area contributed by atoms with Gasteiger partial charge in [-0.2, -0.15) is 0 Å². The lowest BCUT2D eigenvalue weighted by molar-refractivity contribution is 0.126. The molecular weight excluding hydrogens is 543 g/mol. The molecular formula is C32H44Cl2N4O2. The second-order valence-corrected chi connectivity index (χ2v) is 12.9. The zero-order valence-corrected chi connectivity index (χ0v) is 25.3. The maximum Gasteiger partial charge on any atom is 0.406 e. The van der Waals surface area contributed by atoms with Crippen LogP contribution in [-0.4, -0.2) is 68.8 Å². The molecule has 0 aromatic heterocycles. The first-order chi connectivity index (χ1) is 19.4. The van der Waals surface area contributed by atoms with Crippen LogP contribution in [0.1, 0.15) is 49.7 Å². The van der Waals surface area contributed by atoms with E-state index in [0.717, 1.165) is 56.4 Å². The van der Waals surface area contributed by atoms with Gasteiger partial charge in [-0.25, -0.2) is 4.79 Å². The van der Waals surface area contributed by atoms with E-state index in [-0.39, 0.29) is 6.09 Å². The predicted molar refractivity (Wildman–Crippen MR) is 164 cm³/mol. The van der Waals surface area contributed by atoms with Crippen molar-refractivity contribution in [2.75, 3.05) is 52.9 Å². The average molecular weight is 588 g/mol. The minimum Gasteiger partial charge on any atom is -0.453 e. The molecule has 1 amide bonds. The van der Waals surface area contributed by atoms with Crippen molar-refractivity contribution in [3.63, 3.8) is 0 Å². The predicted octanol–water partition coefficient (Wildman–Crippen LogP) is 6.44. The highest BCUT2D eigenvalue weighted by molar-refractivity contribution is 6.35. The molecule has 3 fully saturated rings. The smallest absolute Gasteiger partial charge is 0.406 e. The monoisotopic (exact) mass is 586 g/mol. The molecule has 40 heavy (non-hydrogen) atoms. The number of nitrogens with one attached hydrogen (secondary N) is 2. The number of amides is 1. The molecule has 3 heterocycles. The van der Waals surface area contributed by atoms with Crippen LogP contribution in [0.4, 0.5) is 4.79 Å². The SMILES string of the molecule is COC(=O)NCC1CCN(Cc2cc(CN3CCC(C4CCNCC4)CC3)cc(-c3cc(Cl)cc(Cl)c3)c2)CC1. The second kappa shape index (κ2) is 14.4. The summed E-state index contributed by atoms with van der Waals surface area (Å²) in [6, 6.07) is 12.9. The molecule has 0 aliphatic carbocycles. The van der Waals surface area contributed by atoms with Gasteiger partial charge in [-0.3, -0.25) is 9.80 Å². The maximum absolute atomic E-state index is 11.4. The normalized spacial score (nSPS) is 20.5. The third-order valence-corrected chi connectivity index (χ3v) is 9.61. The Labute approximate surface area is 249 Å². The molecule has 3 saturated heterocycles. The summed E-state index contributed by atoms with van der Waals surface area (Å²) in [5, 5.41) is 7.71. The van der Waals surface area contributed by atoms with E-state index in [0.29, 0.717) is 22.5 Å². The number of hydrogen-bond donors (Lipinski definition) is 2. The van der Waals surface area contributed by atoms with Crippen LogP contribution in [0.2, 0.25) is 10.0 Å². The quantitative estimate of drug-likeness (QED) is 0.373. The molecule has 6 nitrogen and oxygen atoms in total. The van der Waals surface area contributed by atoms with Crippen molar-refractivity contribution in [1.29, 1.82) is 0 Å². The van der Waals surface area contributed by atoms with Gasteiger partial charge in [0, 0.05) is 29.7 Å². The van der Waals surface area contributed by atoms with E-state index in [4.69, 9.17) is 27.9 Å². The Bertz CT molecular complexity index is 1100. The molecule has 0 radical (unpaired) electrons. The van der Waals surface area contributed by atoms with E-state index in [1.165, 1.54) is 75.7 Å². The number of hydrogen-bond acceptors (Lipinski definition) is 5. The van der Waals surface area contributed by atoms with Gasteiger partial charge in [0.05, 0.1) is 7.11 Å². The van der Waals surface area contributed by atoms with Crippen LogP contribution < -0.4 is 10.6 Å². The molecule has 218 valence electrons. The van der Waals surface area contributed by atoms with Crippen molar-refractivity contribution in [1.82, 2.24) is 20.4 Å². The Morgan fingerprint density at radius 3 is 1.90 bits per heavy atom. The Hall–Kier alpha value is -1.83. The van der Waals surface area contributed by atoms with Crippen molar-refractivity contribution in [3.05, 3.63) is 57.6 Å². The molecule has 2 aromatic rings. The number of benzene rings is 2. The van der Waals surface area contributed by atoms with E-state index in [1.54, 1.807) is 6.07 Å². The summed E-state index contributed by atoms with van der Waals surface area (Å²) >= 11 is 12.8. The van der Waals surface area contributed by atoms with E-state index in [2.05, 4.69) is 38.6 Å². The lowest BCUT2D eigenvalue weighted by atomic mass is 9.79. The van der Waals surface area contributed by atoms with Crippen LogP contribution in [0.25, 0.3) is 11.1 Å². The van der Waals surface area contributed by atoms with Gasteiger partial charge in [-0.15, -0.1) is 0 Å². The Morgan fingerprint density at radius 2 is 1.32 bits per heavy atom. The molecule has 0 bridgehead atoms. The summed E-state index contributed by atoms with van der Waals surface area (Å²) in [6.45, 7) is 9.39. The summed E-state index contributed by atoms with van der Waals surface area (Å²) in [7, 11) is 1.41. The summed E-state index contributed by atoms with van der Waals surface area (Å²) in [4.78, 5) is 16.6. The number of alkyl carbamates (subject to hydrolysis) is 1. The highest BCUT2D eigenvalue weighted by atomic mass is 35.5. The summed E-state index contributed by atoms with van der Waals surface area (Å²) in [5.74, 6) is 2.30. The number of rotatable bonds is 8. The third kappa shape index (κ3) is 8.36. The minimum absolute atomic E-state index is 0.344. The molecule has 0 atom stereocenters. The van der Waals surface area contributed by atoms with Gasteiger partial charge in [0.1, 0.15) is 0 Å². The summed E-state index contributed by atoms with van der Waals surface area (Å²) in [5.41, 5.74) is 4.94. The van der Waals surface area contributed by atoms with Crippen molar-refractivity contribution in [2.45, 2.75) is 51.6 Å². The van der Waals surface area contributed by atoms with Crippen molar-refractivity contribution < 1.29 is 9.53 Å². The molecule has 2 N–H and O–H groups in total. The van der Waals surface area contributed by atoms with Crippen LogP contribution in [0.3, 0.4) is 0 Å². The number of carbonyl (C=O) groups is 1. The van der Waals surface area contributed by atoms with Gasteiger partial charge in [0.2, 0.25) is 0 Å². The van der Waals surface area contributed by atoms with Crippen molar-refractivity contribution >= 4 is 29.3 Å². The lowest BCUT2D eigenvalue weighted by Crippen LogP contribution is -2.39. The van der Waals surface area contributed by atoms with Crippen molar-refractivity contribution in [3.8, 4) is 11.1 Å². The van der Waals surface area contributed by atoms with Crippen molar-refractivity contribution in [2.24, 2.45) is 17.8 Å². The highest BCUT2D eigenvalue weighted by Crippen LogP contribution is 2.33. The third-order valence-electron chi connectivity index (χ3n) is 9.17. The Kier molecular flexibility index (Phi) is 10.7. The summed E-state index contributed by atoms with van der Waals surface area (Å²) in [6.07, 6.45) is 7.14. The lowest BCUT2D eigenvalue weighted by Gasteiger charge is -2.38. The zero-order valence-electron chi connectivity index (χ0n) is 23.8. The first-order valence-electron chi connectivity index (χ1n) is 15.0. The van der Waals surface area contributed by atoms with Gasteiger partial charge in [0.15, 0.2) is 0 Å². The number of ether oxygens (including phenoxy) is 1. The molecule has 0 saturated carbocycles. The summed E-state index contributed by atoms with van der Waals surface area (Å²) < 4.78 is 4.72. The van der Waals surface area contributed by atoms with Gasteiger partial charge in [-0.05, 0) is 148 Å². The fourth-order valence-corrected chi connectivity index (χ4v) is 7.42. The highest BCUT2D eigenvalue weighted by Gasteiger charge is 2.28. The molecule has 2 aromatic carbocycles. The van der Waals surface area contributed by atoms with Gasteiger partial charge in [0.25, 0.3) is 0 Å². The largest absolute Gasteiger partial charge is 0.453 e. The Morgan fingerprint density at radius 1 is 0.800 bits per heavy atom. The Balaban J connectivity index is 1.25. The van der Waals surface area contributed by atoms with Crippen LogP contribution in [0, 0.1) is 17.8 Å². The van der Waals surface area contributed by atoms with Crippen LogP contribution in [-0.2, 0) is 17.8 Å². The topological polar surface area (TPSA) is 56.8 Å². The number of methoxy groups -OCH3 is 1. The molecule has 8 heteroatoms. The number of likely N-dealkylation sites (tertiary alicyclic amines) is 2. The molecule has 0 unspecified atom stereocenters. The van der Waals surface area contributed by atoms with Crippen LogP contribution in [0.5, 0.6) is 0 Å². The number of halogens is 2. The van der Waals surface area contributed by atoms with E-state index in [9.17, 15) is 4.79 Å². The number of nitrogens with zero attached hydrogens (tertiary/aromatic N) is 2. The van der Waals surface area contributed by atoms with E-state index >= 15 is 0 Å². The zero-order chi connectivity index (χ0) is 27.9. The van der Waals surface area contributed by atoms with E-state index < -0.39 is 0 Å².